The van der Waals surface area contributed by atoms with E-state index in [9.17, 15) is 18.0 Å². The Balaban J connectivity index is 1.37. The van der Waals surface area contributed by atoms with E-state index in [2.05, 4.69) is 24.9 Å². The molecule has 0 atom stereocenters. The van der Waals surface area contributed by atoms with Crippen molar-refractivity contribution in [2.45, 2.75) is 12.9 Å². The predicted octanol–water partition coefficient (Wildman–Crippen LogP) is 5.34. The molecule has 1 aliphatic rings. The minimum absolute atomic E-state index is 0.335. The highest BCUT2D eigenvalue weighted by Crippen LogP contribution is 2.29. The van der Waals surface area contributed by atoms with Gasteiger partial charge in [0.25, 0.3) is 5.91 Å². The molecule has 7 nitrogen and oxygen atoms in total. The molecule has 11 heteroatoms. The van der Waals surface area contributed by atoms with Crippen molar-refractivity contribution in [3.63, 3.8) is 0 Å². The molecule has 0 spiro atoms. The van der Waals surface area contributed by atoms with E-state index < -0.39 is 6.36 Å². The minimum atomic E-state index is -4.79. The van der Waals surface area contributed by atoms with Crippen molar-refractivity contribution in [3.8, 4) is 17.0 Å². The molecule has 0 saturated carbocycles. The highest BCUT2D eigenvalue weighted by Gasteiger charge is 2.31. The lowest BCUT2D eigenvalue weighted by atomic mass is 10.1. The fraction of sp³-hybridized carbons (Fsp3) is 0.240. The van der Waals surface area contributed by atoms with Gasteiger partial charge in [0.2, 0.25) is 0 Å². The number of carbonyl (C=O) groups is 1. The Bertz CT molecular complexity index is 1390. The summed E-state index contributed by atoms with van der Waals surface area (Å²) in [7, 11) is 0. The van der Waals surface area contributed by atoms with Gasteiger partial charge in [-0.1, -0.05) is 30.3 Å². The molecule has 186 valence electrons. The third-order valence-electron chi connectivity index (χ3n) is 5.59. The van der Waals surface area contributed by atoms with E-state index >= 15 is 0 Å². The van der Waals surface area contributed by atoms with E-state index in [1.807, 2.05) is 6.07 Å². The van der Waals surface area contributed by atoms with Crippen molar-refractivity contribution < 1.29 is 27.4 Å². The number of para-hydroxylation sites is 1. The van der Waals surface area contributed by atoms with E-state index in [0.717, 1.165) is 29.9 Å². The molecule has 1 N–H and O–H groups in total. The van der Waals surface area contributed by atoms with Gasteiger partial charge in [-0.2, -0.15) is 0 Å². The molecule has 3 heterocycles. The predicted molar refractivity (Wildman–Crippen MR) is 130 cm³/mol. The van der Waals surface area contributed by atoms with Crippen LogP contribution >= 0.6 is 11.3 Å². The number of morpholine rings is 1. The number of nitrogens with zero attached hydrogens (tertiary/aromatic N) is 3. The van der Waals surface area contributed by atoms with E-state index in [1.165, 1.54) is 29.5 Å². The van der Waals surface area contributed by atoms with Gasteiger partial charge in [0.1, 0.15) is 5.75 Å². The van der Waals surface area contributed by atoms with Gasteiger partial charge < -0.3 is 9.47 Å². The first-order valence-electron chi connectivity index (χ1n) is 11.2. The summed E-state index contributed by atoms with van der Waals surface area (Å²) in [6.07, 6.45) is -3.04. The first-order chi connectivity index (χ1) is 17.3. The molecule has 4 aromatic rings. The van der Waals surface area contributed by atoms with Crippen molar-refractivity contribution in [3.05, 3.63) is 71.2 Å². The summed E-state index contributed by atoms with van der Waals surface area (Å²) < 4.78 is 47.3. The van der Waals surface area contributed by atoms with Gasteiger partial charge in [-0.3, -0.25) is 15.0 Å². The Hall–Kier alpha value is -3.54. The number of thiazole rings is 1. The number of pyridine rings is 1. The molecule has 2 aromatic heterocycles. The lowest BCUT2D eigenvalue weighted by Gasteiger charge is -2.25. The van der Waals surface area contributed by atoms with Crippen LogP contribution in [0.2, 0.25) is 0 Å². The molecule has 2 aromatic carbocycles. The lowest BCUT2D eigenvalue weighted by Crippen LogP contribution is -2.35. The number of carbonyl (C=O) groups excluding carboxylic acids is 1. The lowest BCUT2D eigenvalue weighted by molar-refractivity contribution is -0.274. The number of rotatable bonds is 6. The van der Waals surface area contributed by atoms with Gasteiger partial charge in [0, 0.05) is 41.7 Å². The summed E-state index contributed by atoms with van der Waals surface area (Å²) in [6.45, 7) is 3.87. The van der Waals surface area contributed by atoms with E-state index in [4.69, 9.17) is 4.74 Å². The van der Waals surface area contributed by atoms with Gasteiger partial charge in [-0.15, -0.1) is 24.5 Å². The molecule has 1 amide bonds. The third kappa shape index (κ3) is 5.81. The van der Waals surface area contributed by atoms with Gasteiger partial charge in [-0.05, 0) is 24.3 Å². The highest BCUT2D eigenvalue weighted by atomic mass is 32.1. The van der Waals surface area contributed by atoms with Crippen LogP contribution in [0.4, 0.5) is 18.3 Å². The maximum atomic E-state index is 13.1. The number of alkyl halides is 3. The summed E-state index contributed by atoms with van der Waals surface area (Å²) in [5, 5.41) is 4.05. The first kappa shape index (κ1) is 24.2. The SMILES string of the molecule is O=C(Nc1ncc(CN2CCOCC2)s1)c1cccc2ccc(-c3cccc(OC(F)(F)F)c3)nc12. The maximum Gasteiger partial charge on any atom is 0.573 e. The minimum Gasteiger partial charge on any atom is -0.406 e. The molecule has 0 aliphatic carbocycles. The van der Waals surface area contributed by atoms with Crippen LogP contribution in [0.15, 0.2) is 60.8 Å². The number of nitrogens with one attached hydrogen (secondary N) is 1. The molecule has 1 fully saturated rings. The summed E-state index contributed by atoms with van der Waals surface area (Å²) in [4.78, 5) is 25.4. The number of ether oxygens (including phenoxy) is 2. The van der Waals surface area contributed by atoms with E-state index in [1.54, 1.807) is 36.5 Å². The second kappa shape index (κ2) is 10.2. The van der Waals surface area contributed by atoms with Crippen molar-refractivity contribution in [2.75, 3.05) is 31.6 Å². The van der Waals surface area contributed by atoms with E-state index in [-0.39, 0.29) is 11.7 Å². The van der Waals surface area contributed by atoms with Gasteiger partial charge in [0.15, 0.2) is 5.13 Å². The van der Waals surface area contributed by atoms with Gasteiger partial charge in [0.05, 0.1) is 30.0 Å². The topological polar surface area (TPSA) is 76.6 Å². The average Bonchev–Trinajstić information content (AvgIpc) is 3.29. The van der Waals surface area contributed by atoms with Gasteiger partial charge >= 0.3 is 6.36 Å². The number of amides is 1. The Kier molecular flexibility index (Phi) is 6.86. The number of anilines is 1. The Labute approximate surface area is 208 Å². The second-order valence-electron chi connectivity index (χ2n) is 8.12. The standard InChI is InChI=1S/C25H21F3N4O3S/c26-25(27,28)35-18-5-1-4-17(13-18)21-8-7-16-3-2-6-20(22(16)30-21)23(33)31-24-29-14-19(36-24)15-32-9-11-34-12-10-32/h1-8,13-14H,9-12,15H2,(H,29,31,33). The average molecular weight is 515 g/mol. The van der Waals surface area contributed by atoms with Crippen LogP contribution in [-0.4, -0.2) is 53.4 Å². The highest BCUT2D eigenvalue weighted by molar-refractivity contribution is 7.15. The van der Waals surface area contributed by atoms with Crippen LogP contribution in [0.1, 0.15) is 15.2 Å². The zero-order valence-corrected chi connectivity index (χ0v) is 19.7. The summed E-state index contributed by atoms with van der Waals surface area (Å²) in [5.41, 5.74) is 1.61. The Morgan fingerprint density at radius 1 is 1.11 bits per heavy atom. The van der Waals surface area contributed by atoms with Crippen molar-refractivity contribution >= 4 is 33.3 Å². The Morgan fingerprint density at radius 3 is 2.72 bits per heavy atom. The summed E-state index contributed by atoms with van der Waals surface area (Å²) in [6, 6.07) is 14.3. The molecule has 0 unspecified atom stereocenters. The van der Waals surface area contributed by atoms with Crippen LogP contribution < -0.4 is 10.1 Å². The molecule has 5 rings (SSSR count). The molecule has 1 saturated heterocycles. The fourth-order valence-electron chi connectivity index (χ4n) is 3.93. The summed E-state index contributed by atoms with van der Waals surface area (Å²) in [5.74, 6) is -0.712. The van der Waals surface area contributed by atoms with Crippen molar-refractivity contribution in [1.29, 1.82) is 0 Å². The summed E-state index contributed by atoms with van der Waals surface area (Å²) >= 11 is 1.41. The monoisotopic (exact) mass is 514 g/mol. The molecule has 0 bridgehead atoms. The van der Waals surface area contributed by atoms with Crippen LogP contribution in [-0.2, 0) is 11.3 Å². The number of hydrogen-bond donors (Lipinski definition) is 1. The zero-order chi connectivity index (χ0) is 25.1. The number of halogens is 3. The third-order valence-corrected chi connectivity index (χ3v) is 6.48. The molecular weight excluding hydrogens is 493 g/mol. The van der Waals surface area contributed by atoms with Crippen molar-refractivity contribution in [2.24, 2.45) is 0 Å². The van der Waals surface area contributed by atoms with Crippen LogP contribution in [0.3, 0.4) is 0 Å². The molecule has 0 radical (unpaired) electrons. The number of aromatic nitrogens is 2. The van der Waals surface area contributed by atoms with Crippen LogP contribution in [0, 0.1) is 0 Å². The second-order valence-corrected chi connectivity index (χ2v) is 9.24. The first-order valence-corrected chi connectivity index (χ1v) is 12.0. The number of fused-ring (bicyclic) bond motifs is 1. The van der Waals surface area contributed by atoms with Crippen LogP contribution in [0.25, 0.3) is 22.2 Å². The van der Waals surface area contributed by atoms with Gasteiger partial charge in [-0.25, -0.2) is 9.97 Å². The molecule has 1 aliphatic heterocycles. The van der Waals surface area contributed by atoms with Crippen molar-refractivity contribution in [1.82, 2.24) is 14.9 Å². The molecule has 36 heavy (non-hydrogen) atoms. The Morgan fingerprint density at radius 2 is 1.92 bits per heavy atom. The molecular formula is C25H21F3N4O3S. The largest absolute Gasteiger partial charge is 0.573 e. The number of hydrogen-bond acceptors (Lipinski definition) is 7. The van der Waals surface area contributed by atoms with Crippen LogP contribution in [0.5, 0.6) is 5.75 Å². The number of benzene rings is 2. The normalized spacial score (nSPS) is 14.6. The smallest absolute Gasteiger partial charge is 0.406 e. The van der Waals surface area contributed by atoms with E-state index in [0.29, 0.717) is 40.7 Å². The zero-order valence-electron chi connectivity index (χ0n) is 18.9. The fourth-order valence-corrected chi connectivity index (χ4v) is 4.78. The maximum absolute atomic E-state index is 13.1. The quantitative estimate of drug-likeness (QED) is 0.374.